The van der Waals surface area contributed by atoms with Gasteiger partial charge in [0.2, 0.25) is 0 Å². The van der Waals surface area contributed by atoms with Crippen molar-refractivity contribution in [3.8, 4) is 0 Å². The molecule has 0 aliphatic carbocycles. The molecular formula is C15H33IN4S. The van der Waals surface area contributed by atoms with E-state index in [4.69, 9.17) is 4.99 Å². The van der Waals surface area contributed by atoms with Gasteiger partial charge >= 0.3 is 0 Å². The van der Waals surface area contributed by atoms with Crippen molar-refractivity contribution >= 4 is 41.7 Å². The van der Waals surface area contributed by atoms with E-state index in [1.165, 1.54) is 25.9 Å². The molecule has 0 aromatic carbocycles. The Morgan fingerprint density at radius 2 is 2.19 bits per heavy atom. The highest BCUT2D eigenvalue weighted by molar-refractivity contribution is 14.0. The number of hydrogen-bond donors (Lipinski definition) is 2. The molecule has 2 N–H and O–H groups in total. The molecule has 4 nitrogen and oxygen atoms in total. The van der Waals surface area contributed by atoms with Gasteiger partial charge in [-0.15, -0.1) is 24.0 Å². The summed E-state index contributed by atoms with van der Waals surface area (Å²) in [4.78, 5) is 7.32. The highest BCUT2D eigenvalue weighted by Crippen LogP contribution is 2.17. The van der Waals surface area contributed by atoms with Crippen LogP contribution in [0, 0.1) is 5.92 Å². The zero-order chi connectivity index (χ0) is 14.8. The second kappa shape index (κ2) is 12.8. The molecule has 1 aliphatic rings. The minimum Gasteiger partial charge on any atom is -0.357 e. The fourth-order valence-corrected chi connectivity index (χ4v) is 2.88. The summed E-state index contributed by atoms with van der Waals surface area (Å²) < 4.78 is 0. The van der Waals surface area contributed by atoms with E-state index in [0.717, 1.165) is 37.3 Å². The van der Waals surface area contributed by atoms with Gasteiger partial charge in [0.25, 0.3) is 0 Å². The number of nitrogens with zero attached hydrogens (tertiary/aromatic N) is 2. The second-order valence-corrected chi connectivity index (χ2v) is 6.72. The van der Waals surface area contributed by atoms with Crippen LogP contribution in [0.2, 0.25) is 0 Å². The van der Waals surface area contributed by atoms with E-state index < -0.39 is 0 Å². The highest BCUT2D eigenvalue weighted by atomic mass is 127. The summed E-state index contributed by atoms with van der Waals surface area (Å²) in [6, 6.07) is 0.536. The molecule has 0 spiro atoms. The van der Waals surface area contributed by atoms with E-state index in [1.54, 1.807) is 0 Å². The third kappa shape index (κ3) is 9.13. The second-order valence-electron chi connectivity index (χ2n) is 5.73. The van der Waals surface area contributed by atoms with Crippen molar-refractivity contribution in [1.29, 1.82) is 0 Å². The minimum absolute atomic E-state index is 0. The fraction of sp³-hybridized carbons (Fsp3) is 0.933. The number of likely N-dealkylation sites (tertiary alicyclic amines) is 1. The molecule has 126 valence electrons. The molecule has 1 saturated heterocycles. The first kappa shape index (κ1) is 21.3. The van der Waals surface area contributed by atoms with Crippen LogP contribution in [0.15, 0.2) is 4.99 Å². The van der Waals surface area contributed by atoms with Gasteiger partial charge in [0, 0.05) is 31.4 Å². The third-order valence-corrected chi connectivity index (χ3v) is 4.38. The number of hydrogen-bond acceptors (Lipinski definition) is 3. The quantitative estimate of drug-likeness (QED) is 0.283. The molecule has 1 aliphatic heterocycles. The summed E-state index contributed by atoms with van der Waals surface area (Å²) in [5.41, 5.74) is 0. The molecule has 0 radical (unpaired) electrons. The van der Waals surface area contributed by atoms with Gasteiger partial charge in [-0.25, -0.2) is 0 Å². The van der Waals surface area contributed by atoms with Gasteiger partial charge in [0.15, 0.2) is 5.96 Å². The van der Waals surface area contributed by atoms with E-state index >= 15 is 0 Å². The molecule has 0 aromatic rings. The number of thioether (sulfide) groups is 1. The fourth-order valence-electron chi connectivity index (χ4n) is 2.58. The maximum atomic E-state index is 4.73. The number of rotatable bonds is 7. The normalized spacial score (nSPS) is 21.5. The molecule has 0 bridgehead atoms. The van der Waals surface area contributed by atoms with Crippen LogP contribution in [0.1, 0.15) is 33.6 Å². The Hall–Kier alpha value is 0.310. The van der Waals surface area contributed by atoms with Gasteiger partial charge in [-0.3, -0.25) is 9.89 Å². The van der Waals surface area contributed by atoms with E-state index in [2.05, 4.69) is 42.6 Å². The summed E-state index contributed by atoms with van der Waals surface area (Å²) in [7, 11) is 0. The van der Waals surface area contributed by atoms with Crippen LogP contribution in [0.25, 0.3) is 0 Å². The van der Waals surface area contributed by atoms with Crippen LogP contribution < -0.4 is 10.6 Å². The first-order valence-corrected chi connectivity index (χ1v) is 9.31. The number of aliphatic imine (C=N–C) groups is 1. The van der Waals surface area contributed by atoms with Gasteiger partial charge in [-0.2, -0.15) is 11.8 Å². The van der Waals surface area contributed by atoms with Gasteiger partial charge < -0.3 is 10.6 Å². The lowest BCUT2D eigenvalue weighted by atomic mass is 9.99. The predicted octanol–water partition coefficient (Wildman–Crippen LogP) is 2.64. The predicted molar refractivity (Wildman–Crippen MR) is 107 cm³/mol. The molecule has 0 saturated carbocycles. The molecule has 1 heterocycles. The molecule has 1 rings (SSSR count). The molecular weight excluding hydrogens is 395 g/mol. The van der Waals surface area contributed by atoms with E-state index in [9.17, 15) is 0 Å². The Bertz CT molecular complexity index is 289. The topological polar surface area (TPSA) is 39.7 Å². The molecule has 1 fully saturated rings. The van der Waals surface area contributed by atoms with E-state index in [0.29, 0.717) is 6.04 Å². The number of nitrogens with one attached hydrogen (secondary N) is 2. The maximum absolute atomic E-state index is 4.73. The molecule has 6 heteroatoms. The smallest absolute Gasteiger partial charge is 0.191 e. The zero-order valence-corrected chi connectivity index (χ0v) is 17.2. The molecule has 2 unspecified atom stereocenters. The Labute approximate surface area is 152 Å². The highest BCUT2D eigenvalue weighted by Gasteiger charge is 2.20. The van der Waals surface area contributed by atoms with Crippen LogP contribution in [0.5, 0.6) is 0 Å². The van der Waals surface area contributed by atoms with Crippen molar-refractivity contribution in [3.63, 3.8) is 0 Å². The van der Waals surface area contributed by atoms with Crippen molar-refractivity contribution in [1.82, 2.24) is 15.5 Å². The summed E-state index contributed by atoms with van der Waals surface area (Å²) in [5.74, 6) is 2.91. The van der Waals surface area contributed by atoms with Gasteiger partial charge in [-0.05, 0) is 45.4 Å². The Morgan fingerprint density at radius 3 is 2.81 bits per heavy atom. The largest absolute Gasteiger partial charge is 0.357 e. The summed E-state index contributed by atoms with van der Waals surface area (Å²) in [6.45, 7) is 12.0. The lowest BCUT2D eigenvalue weighted by molar-refractivity contribution is 0.142. The average molecular weight is 428 g/mol. The standard InChI is InChI=1S/C15H32N4S.HI/c1-5-16-15(17-8-10-20-4)18-11-14(3)19-9-6-7-13(2)12-19;/h13-14H,5-12H2,1-4H3,(H2,16,17,18);1H. The number of halogens is 1. The van der Waals surface area contributed by atoms with Crippen LogP contribution in [-0.4, -0.2) is 61.6 Å². The number of piperidine rings is 1. The van der Waals surface area contributed by atoms with Crippen LogP contribution in [0.4, 0.5) is 0 Å². The number of guanidine groups is 1. The third-order valence-electron chi connectivity index (χ3n) is 3.77. The van der Waals surface area contributed by atoms with Crippen LogP contribution >= 0.6 is 35.7 Å². The van der Waals surface area contributed by atoms with Gasteiger partial charge in [0.1, 0.15) is 0 Å². The minimum atomic E-state index is 0. The maximum Gasteiger partial charge on any atom is 0.191 e. The summed E-state index contributed by atoms with van der Waals surface area (Å²) >= 11 is 1.86. The zero-order valence-electron chi connectivity index (χ0n) is 14.0. The molecule has 2 atom stereocenters. The van der Waals surface area contributed by atoms with Crippen molar-refractivity contribution in [2.75, 3.05) is 44.7 Å². The monoisotopic (exact) mass is 428 g/mol. The lowest BCUT2D eigenvalue weighted by Gasteiger charge is -2.35. The molecule has 21 heavy (non-hydrogen) atoms. The van der Waals surface area contributed by atoms with Crippen LogP contribution in [-0.2, 0) is 0 Å². The summed E-state index contributed by atoms with van der Waals surface area (Å²) in [6.07, 6.45) is 4.85. The van der Waals surface area contributed by atoms with E-state index in [1.807, 2.05) is 11.8 Å². The first-order valence-electron chi connectivity index (χ1n) is 7.92. The lowest BCUT2D eigenvalue weighted by Crippen LogP contribution is -2.43. The average Bonchev–Trinajstić information content (AvgIpc) is 2.44. The van der Waals surface area contributed by atoms with Crippen LogP contribution in [0.3, 0.4) is 0 Å². The Balaban J connectivity index is 0.00000400. The molecule has 0 aromatic heterocycles. The molecule has 0 amide bonds. The first-order chi connectivity index (χ1) is 9.67. The van der Waals surface area contributed by atoms with Gasteiger partial charge in [0.05, 0.1) is 6.54 Å². The van der Waals surface area contributed by atoms with Crippen molar-refractivity contribution < 1.29 is 0 Å². The van der Waals surface area contributed by atoms with Gasteiger partial charge in [-0.1, -0.05) is 6.92 Å². The van der Waals surface area contributed by atoms with E-state index in [-0.39, 0.29) is 24.0 Å². The Morgan fingerprint density at radius 1 is 1.43 bits per heavy atom. The van der Waals surface area contributed by atoms with Crippen molar-refractivity contribution in [2.24, 2.45) is 10.9 Å². The Kier molecular flexibility index (Phi) is 13.0. The van der Waals surface area contributed by atoms with Crippen molar-refractivity contribution in [3.05, 3.63) is 0 Å². The SMILES string of the molecule is CCNC(=NCC(C)N1CCCC(C)C1)NCCSC.I. The summed E-state index contributed by atoms with van der Waals surface area (Å²) in [5, 5.41) is 6.71. The van der Waals surface area contributed by atoms with Crippen molar-refractivity contribution in [2.45, 2.75) is 39.7 Å².